The number of aromatic nitrogens is 2. The molecule has 1 aromatic carbocycles. The maximum atomic E-state index is 13.1. The standard InChI is InChI=1S/C20H23N3O2/c24-19(14-9-10-14)22-11-3-6-17(22)18-21-16-5-2-1-4-15(16)20(25)23(18)12-13-7-8-13/h1-2,4-5,13-14,17H,3,6-12H2. The van der Waals surface area contributed by atoms with Gasteiger partial charge >= 0.3 is 0 Å². The Morgan fingerprint density at radius 1 is 1.12 bits per heavy atom. The molecule has 2 heterocycles. The first-order chi connectivity index (χ1) is 12.2. The summed E-state index contributed by atoms with van der Waals surface area (Å²) in [5.41, 5.74) is 0.804. The number of likely N-dealkylation sites (tertiary alicyclic amines) is 1. The van der Waals surface area contributed by atoms with E-state index in [1.165, 1.54) is 12.8 Å². The van der Waals surface area contributed by atoms with Crippen LogP contribution in [0.25, 0.3) is 10.9 Å². The van der Waals surface area contributed by atoms with Crippen molar-refractivity contribution in [3.8, 4) is 0 Å². The van der Waals surface area contributed by atoms with Crippen molar-refractivity contribution in [2.75, 3.05) is 6.54 Å². The van der Waals surface area contributed by atoms with E-state index >= 15 is 0 Å². The first-order valence-corrected chi connectivity index (χ1v) is 9.52. The van der Waals surface area contributed by atoms with Crippen molar-refractivity contribution in [1.82, 2.24) is 14.5 Å². The van der Waals surface area contributed by atoms with Crippen LogP contribution < -0.4 is 5.56 Å². The Labute approximate surface area is 146 Å². The van der Waals surface area contributed by atoms with E-state index in [1.807, 2.05) is 33.7 Å². The van der Waals surface area contributed by atoms with Gasteiger partial charge in [-0.1, -0.05) is 12.1 Å². The molecule has 3 fully saturated rings. The van der Waals surface area contributed by atoms with Crippen LogP contribution in [0, 0.1) is 11.8 Å². The molecule has 1 unspecified atom stereocenters. The molecule has 130 valence electrons. The molecule has 2 saturated carbocycles. The molecule has 0 bridgehead atoms. The number of hydrogen-bond acceptors (Lipinski definition) is 3. The van der Waals surface area contributed by atoms with Gasteiger partial charge in [-0.15, -0.1) is 0 Å². The van der Waals surface area contributed by atoms with Crippen molar-refractivity contribution in [3.05, 3.63) is 40.4 Å². The highest BCUT2D eigenvalue weighted by Crippen LogP contribution is 2.39. The lowest BCUT2D eigenvalue weighted by Crippen LogP contribution is -2.36. The highest BCUT2D eigenvalue weighted by Gasteiger charge is 2.40. The molecule has 1 aromatic heterocycles. The zero-order chi connectivity index (χ0) is 17.0. The number of hydrogen-bond donors (Lipinski definition) is 0. The summed E-state index contributed by atoms with van der Waals surface area (Å²) in [7, 11) is 0. The van der Waals surface area contributed by atoms with Crippen LogP contribution in [0.5, 0.6) is 0 Å². The molecule has 0 radical (unpaired) electrons. The molecule has 2 aliphatic carbocycles. The van der Waals surface area contributed by atoms with E-state index < -0.39 is 0 Å². The summed E-state index contributed by atoms with van der Waals surface area (Å²) in [6.07, 6.45) is 6.31. The smallest absolute Gasteiger partial charge is 0.261 e. The van der Waals surface area contributed by atoms with Gasteiger partial charge in [0.2, 0.25) is 5.91 Å². The van der Waals surface area contributed by atoms with Gasteiger partial charge < -0.3 is 4.90 Å². The van der Waals surface area contributed by atoms with Crippen molar-refractivity contribution in [1.29, 1.82) is 0 Å². The summed E-state index contributed by atoms with van der Waals surface area (Å²) in [6.45, 7) is 1.54. The molecule has 1 atom stereocenters. The van der Waals surface area contributed by atoms with Gasteiger partial charge in [-0.2, -0.15) is 0 Å². The molecule has 0 spiro atoms. The van der Waals surface area contributed by atoms with E-state index in [4.69, 9.17) is 4.98 Å². The molecule has 5 rings (SSSR count). The number of fused-ring (bicyclic) bond motifs is 1. The van der Waals surface area contributed by atoms with Gasteiger partial charge in [0, 0.05) is 19.0 Å². The van der Waals surface area contributed by atoms with Crippen LogP contribution in [0.3, 0.4) is 0 Å². The van der Waals surface area contributed by atoms with Gasteiger partial charge in [-0.05, 0) is 56.6 Å². The summed E-state index contributed by atoms with van der Waals surface area (Å²) < 4.78 is 1.88. The molecular formula is C20H23N3O2. The first-order valence-electron chi connectivity index (χ1n) is 9.52. The zero-order valence-corrected chi connectivity index (χ0v) is 14.4. The van der Waals surface area contributed by atoms with Crippen LogP contribution >= 0.6 is 0 Å². The lowest BCUT2D eigenvalue weighted by Gasteiger charge is -2.27. The third-order valence-electron chi connectivity index (χ3n) is 5.79. The van der Waals surface area contributed by atoms with Crippen molar-refractivity contribution >= 4 is 16.8 Å². The van der Waals surface area contributed by atoms with Gasteiger partial charge in [0.05, 0.1) is 16.9 Å². The largest absolute Gasteiger partial charge is 0.332 e. The van der Waals surface area contributed by atoms with Crippen LogP contribution in [0.1, 0.15) is 50.4 Å². The molecule has 1 aliphatic heterocycles. The monoisotopic (exact) mass is 337 g/mol. The Balaban J connectivity index is 1.63. The average Bonchev–Trinajstić information content (AvgIpc) is 3.55. The van der Waals surface area contributed by atoms with Crippen molar-refractivity contribution in [3.63, 3.8) is 0 Å². The van der Waals surface area contributed by atoms with Crippen LogP contribution in [-0.4, -0.2) is 26.9 Å². The fourth-order valence-electron chi connectivity index (χ4n) is 4.04. The average molecular weight is 337 g/mol. The Hall–Kier alpha value is -2.17. The van der Waals surface area contributed by atoms with E-state index in [0.717, 1.165) is 50.1 Å². The van der Waals surface area contributed by atoms with Gasteiger partial charge in [0.15, 0.2) is 0 Å². The Kier molecular flexibility index (Phi) is 3.43. The highest BCUT2D eigenvalue weighted by atomic mass is 16.2. The number of amides is 1. The van der Waals surface area contributed by atoms with Gasteiger partial charge in [0.25, 0.3) is 5.56 Å². The SMILES string of the molecule is O=C(C1CC1)N1CCCC1c1nc2ccccc2c(=O)n1CC1CC1. The molecule has 25 heavy (non-hydrogen) atoms. The summed E-state index contributed by atoms with van der Waals surface area (Å²) in [5.74, 6) is 1.88. The Morgan fingerprint density at radius 3 is 2.68 bits per heavy atom. The Morgan fingerprint density at radius 2 is 1.92 bits per heavy atom. The topological polar surface area (TPSA) is 55.2 Å². The van der Waals surface area contributed by atoms with Crippen LogP contribution in [0.4, 0.5) is 0 Å². The van der Waals surface area contributed by atoms with E-state index in [1.54, 1.807) is 0 Å². The fourth-order valence-corrected chi connectivity index (χ4v) is 4.04. The number of carbonyl (C=O) groups is 1. The number of rotatable bonds is 4. The van der Waals surface area contributed by atoms with Crippen molar-refractivity contribution in [2.24, 2.45) is 11.8 Å². The van der Waals surface area contributed by atoms with Gasteiger partial charge in [0.1, 0.15) is 5.82 Å². The maximum Gasteiger partial charge on any atom is 0.261 e. The van der Waals surface area contributed by atoms with Crippen LogP contribution in [-0.2, 0) is 11.3 Å². The second kappa shape index (κ2) is 5.68. The third kappa shape index (κ3) is 2.66. The minimum absolute atomic E-state index is 0.0378. The van der Waals surface area contributed by atoms with Crippen molar-refractivity contribution < 1.29 is 4.79 Å². The lowest BCUT2D eigenvalue weighted by molar-refractivity contribution is -0.133. The highest BCUT2D eigenvalue weighted by molar-refractivity contribution is 5.82. The normalized spacial score (nSPS) is 23.4. The maximum absolute atomic E-state index is 13.1. The van der Waals surface area contributed by atoms with Crippen LogP contribution in [0.15, 0.2) is 29.1 Å². The second-order valence-corrected chi connectivity index (χ2v) is 7.81. The molecule has 0 N–H and O–H groups in total. The molecule has 1 amide bonds. The van der Waals surface area contributed by atoms with Crippen molar-refractivity contribution in [2.45, 2.75) is 51.1 Å². The number of carbonyl (C=O) groups excluding carboxylic acids is 1. The third-order valence-corrected chi connectivity index (χ3v) is 5.79. The molecule has 2 aromatic rings. The van der Waals surface area contributed by atoms with Gasteiger partial charge in [-0.3, -0.25) is 14.2 Å². The van der Waals surface area contributed by atoms with E-state index in [2.05, 4.69) is 0 Å². The fraction of sp³-hybridized carbons (Fsp3) is 0.550. The molecule has 3 aliphatic rings. The number of nitrogens with zero attached hydrogens (tertiary/aromatic N) is 3. The van der Waals surface area contributed by atoms with Gasteiger partial charge in [-0.25, -0.2) is 4.98 Å². The number of benzene rings is 1. The molecule has 1 saturated heterocycles. The predicted octanol–water partition coefficient (Wildman–Crippen LogP) is 2.88. The first kappa shape index (κ1) is 15.1. The minimum atomic E-state index is -0.0378. The Bertz CT molecular complexity index is 895. The summed E-state index contributed by atoms with van der Waals surface area (Å²) in [4.78, 5) is 32.7. The summed E-state index contributed by atoms with van der Waals surface area (Å²) in [6, 6.07) is 7.55. The van der Waals surface area contributed by atoms with Crippen LogP contribution in [0.2, 0.25) is 0 Å². The molecule has 5 nitrogen and oxygen atoms in total. The second-order valence-electron chi connectivity index (χ2n) is 7.81. The summed E-state index contributed by atoms with van der Waals surface area (Å²) in [5, 5.41) is 0.685. The summed E-state index contributed by atoms with van der Waals surface area (Å²) >= 11 is 0. The van der Waals surface area contributed by atoms with E-state index in [0.29, 0.717) is 11.3 Å². The number of para-hydroxylation sites is 1. The molecular weight excluding hydrogens is 314 g/mol. The quantitative estimate of drug-likeness (QED) is 0.862. The van der Waals surface area contributed by atoms with E-state index in [-0.39, 0.29) is 23.4 Å². The minimum Gasteiger partial charge on any atom is -0.332 e. The molecule has 5 heteroatoms. The predicted molar refractivity (Wildman–Crippen MR) is 95.1 cm³/mol. The lowest BCUT2D eigenvalue weighted by atomic mass is 10.1. The zero-order valence-electron chi connectivity index (χ0n) is 14.4. The van der Waals surface area contributed by atoms with E-state index in [9.17, 15) is 9.59 Å².